The van der Waals surface area contributed by atoms with E-state index in [0.29, 0.717) is 5.56 Å². The van der Waals surface area contributed by atoms with Crippen molar-refractivity contribution in [3.05, 3.63) is 34.9 Å². The van der Waals surface area contributed by atoms with Crippen molar-refractivity contribution in [2.24, 2.45) is 0 Å². The first kappa shape index (κ1) is 16.2. The van der Waals surface area contributed by atoms with Crippen molar-refractivity contribution in [1.82, 2.24) is 4.72 Å². The molecule has 1 aromatic rings. The van der Waals surface area contributed by atoms with E-state index in [0.717, 1.165) is 5.56 Å². The fourth-order valence-corrected chi connectivity index (χ4v) is 2.58. The van der Waals surface area contributed by atoms with E-state index in [4.69, 9.17) is 0 Å². The lowest BCUT2D eigenvalue weighted by molar-refractivity contribution is 0.150. The maximum atomic E-state index is 12.8. The van der Waals surface area contributed by atoms with Crippen molar-refractivity contribution in [2.75, 3.05) is 0 Å². The molecule has 0 radical (unpaired) electrons. The number of benzene rings is 1. The molecule has 0 saturated carbocycles. The average Bonchev–Trinajstić information content (AvgIpc) is 2.27. The van der Waals surface area contributed by atoms with Crippen LogP contribution < -0.4 is 4.72 Å². The van der Waals surface area contributed by atoms with Gasteiger partial charge in [0.25, 0.3) is 6.43 Å². The topological polar surface area (TPSA) is 29.1 Å². The second-order valence-corrected chi connectivity index (χ2v) is 7.58. The Morgan fingerprint density at radius 3 is 2.21 bits per heavy atom. The van der Waals surface area contributed by atoms with Crippen LogP contribution in [0.5, 0.6) is 0 Å². The normalized spacial score (nSPS) is 15.6. The molecule has 0 aliphatic heterocycles. The van der Waals surface area contributed by atoms with Crippen LogP contribution in [0.3, 0.4) is 0 Å². The van der Waals surface area contributed by atoms with Crippen LogP contribution in [-0.4, -0.2) is 8.96 Å². The van der Waals surface area contributed by atoms with Gasteiger partial charge < -0.3 is 0 Å². The molecule has 0 fully saturated rings. The van der Waals surface area contributed by atoms with Gasteiger partial charge in [-0.3, -0.25) is 0 Å². The molecular formula is C14H21F2NOS. The van der Waals surface area contributed by atoms with Crippen molar-refractivity contribution in [1.29, 1.82) is 0 Å². The zero-order valence-electron chi connectivity index (χ0n) is 12.0. The standard InChI is InChI=1S/C14H21F2NOS/c1-9-11(7-6-8-12(9)13(15)16)10(2)17-19(18)14(3,4)5/h6-8,10,13,17H,1-5H3/t10-,19+/m0/s1. The molecule has 0 spiro atoms. The Bertz CT molecular complexity index is 469. The third-order valence-electron chi connectivity index (χ3n) is 2.96. The summed E-state index contributed by atoms with van der Waals surface area (Å²) in [5.41, 5.74) is 1.35. The Kier molecular flexibility index (Phi) is 5.21. The molecule has 0 heterocycles. The summed E-state index contributed by atoms with van der Waals surface area (Å²) in [7, 11) is -1.23. The first-order valence-electron chi connectivity index (χ1n) is 6.20. The van der Waals surface area contributed by atoms with E-state index in [-0.39, 0.29) is 16.4 Å². The molecule has 1 aromatic carbocycles. The monoisotopic (exact) mass is 289 g/mol. The number of alkyl halides is 2. The minimum Gasteiger partial charge on any atom is -0.242 e. The van der Waals surface area contributed by atoms with Gasteiger partial charge in [-0.05, 0) is 45.7 Å². The van der Waals surface area contributed by atoms with Crippen molar-refractivity contribution in [3.63, 3.8) is 0 Å². The van der Waals surface area contributed by atoms with Gasteiger partial charge in [0.2, 0.25) is 0 Å². The SMILES string of the molecule is Cc1c(C(F)F)cccc1[C@H](C)N[S@](=O)C(C)(C)C. The lowest BCUT2D eigenvalue weighted by Crippen LogP contribution is -2.35. The minimum atomic E-state index is -2.49. The zero-order valence-corrected chi connectivity index (χ0v) is 12.8. The number of hydrogen-bond donors (Lipinski definition) is 1. The lowest BCUT2D eigenvalue weighted by Gasteiger charge is -2.23. The highest BCUT2D eigenvalue weighted by atomic mass is 32.2. The van der Waals surface area contributed by atoms with Crippen molar-refractivity contribution in [2.45, 2.75) is 51.8 Å². The summed E-state index contributed by atoms with van der Waals surface area (Å²) in [6.07, 6.45) is -2.49. The molecule has 5 heteroatoms. The summed E-state index contributed by atoms with van der Waals surface area (Å²) in [5, 5.41) is 0. The second kappa shape index (κ2) is 6.09. The van der Waals surface area contributed by atoms with Gasteiger partial charge in [-0.25, -0.2) is 17.7 Å². The molecule has 0 aromatic heterocycles. The van der Waals surface area contributed by atoms with Gasteiger partial charge in [0.15, 0.2) is 0 Å². The van der Waals surface area contributed by atoms with Crippen molar-refractivity contribution >= 4 is 11.0 Å². The van der Waals surface area contributed by atoms with Crippen LogP contribution in [-0.2, 0) is 11.0 Å². The fraction of sp³-hybridized carbons (Fsp3) is 0.571. The van der Waals surface area contributed by atoms with E-state index >= 15 is 0 Å². The minimum absolute atomic E-state index is 0.0349. The van der Waals surface area contributed by atoms with Gasteiger partial charge in [-0.2, -0.15) is 0 Å². The molecule has 2 atom stereocenters. The van der Waals surface area contributed by atoms with Gasteiger partial charge in [0.1, 0.15) is 0 Å². The van der Waals surface area contributed by atoms with Crippen LogP contribution in [0, 0.1) is 6.92 Å². The third kappa shape index (κ3) is 4.08. The van der Waals surface area contributed by atoms with Gasteiger partial charge in [0, 0.05) is 11.6 Å². The fourth-order valence-electron chi connectivity index (χ4n) is 1.78. The highest BCUT2D eigenvalue weighted by molar-refractivity contribution is 7.84. The Hall–Kier alpha value is -0.810. The molecule has 2 nitrogen and oxygen atoms in total. The number of rotatable bonds is 4. The van der Waals surface area contributed by atoms with E-state index in [1.165, 1.54) is 6.07 Å². The maximum absolute atomic E-state index is 12.8. The lowest BCUT2D eigenvalue weighted by atomic mass is 9.98. The van der Waals surface area contributed by atoms with Crippen LogP contribution in [0.2, 0.25) is 0 Å². The van der Waals surface area contributed by atoms with Crippen molar-refractivity contribution in [3.8, 4) is 0 Å². The van der Waals surface area contributed by atoms with Gasteiger partial charge in [0.05, 0.1) is 15.7 Å². The Labute approximate surface area is 116 Å². The zero-order chi connectivity index (χ0) is 14.8. The predicted molar refractivity (Wildman–Crippen MR) is 75.6 cm³/mol. The molecule has 0 aliphatic carbocycles. The molecule has 19 heavy (non-hydrogen) atoms. The third-order valence-corrected chi connectivity index (χ3v) is 4.64. The Morgan fingerprint density at radius 2 is 1.74 bits per heavy atom. The molecule has 0 amide bonds. The van der Waals surface area contributed by atoms with Crippen molar-refractivity contribution < 1.29 is 13.0 Å². The second-order valence-electron chi connectivity index (χ2n) is 5.58. The Morgan fingerprint density at radius 1 is 1.21 bits per heavy atom. The molecule has 108 valence electrons. The van der Waals surface area contributed by atoms with Crippen LogP contribution in [0.25, 0.3) is 0 Å². The summed E-state index contributed by atoms with van der Waals surface area (Å²) in [4.78, 5) is 0. The molecule has 0 bridgehead atoms. The van der Waals surface area contributed by atoms with Crippen LogP contribution >= 0.6 is 0 Å². The average molecular weight is 289 g/mol. The predicted octanol–water partition coefficient (Wildman–Crippen LogP) is 4.05. The molecule has 0 saturated heterocycles. The number of halogens is 2. The summed E-state index contributed by atoms with van der Waals surface area (Å²) in [6.45, 7) is 9.11. The van der Waals surface area contributed by atoms with Crippen LogP contribution in [0.15, 0.2) is 18.2 Å². The number of nitrogens with one attached hydrogen (secondary N) is 1. The van der Waals surface area contributed by atoms with E-state index in [1.54, 1.807) is 19.1 Å². The maximum Gasteiger partial charge on any atom is 0.264 e. The first-order valence-corrected chi connectivity index (χ1v) is 7.35. The quantitative estimate of drug-likeness (QED) is 0.890. The smallest absolute Gasteiger partial charge is 0.242 e. The first-order chi connectivity index (χ1) is 8.64. The van der Waals surface area contributed by atoms with E-state index in [9.17, 15) is 13.0 Å². The number of hydrogen-bond acceptors (Lipinski definition) is 1. The molecule has 1 N–H and O–H groups in total. The van der Waals surface area contributed by atoms with Crippen LogP contribution in [0.4, 0.5) is 8.78 Å². The largest absolute Gasteiger partial charge is 0.264 e. The molecule has 1 rings (SSSR count). The summed E-state index contributed by atoms with van der Waals surface area (Å²) >= 11 is 0. The summed E-state index contributed by atoms with van der Waals surface area (Å²) in [5.74, 6) is 0. The van der Waals surface area contributed by atoms with Gasteiger partial charge in [-0.1, -0.05) is 18.2 Å². The van der Waals surface area contributed by atoms with Gasteiger partial charge in [-0.15, -0.1) is 0 Å². The molecule has 0 unspecified atom stereocenters. The van der Waals surface area contributed by atoms with Crippen LogP contribution in [0.1, 0.15) is 56.9 Å². The highest BCUT2D eigenvalue weighted by Gasteiger charge is 2.23. The summed E-state index contributed by atoms with van der Waals surface area (Å²) < 4.78 is 40.3. The molecular weight excluding hydrogens is 268 g/mol. The summed E-state index contributed by atoms with van der Waals surface area (Å²) in [6, 6.07) is 4.59. The van der Waals surface area contributed by atoms with E-state index in [1.807, 2.05) is 27.7 Å². The van der Waals surface area contributed by atoms with E-state index < -0.39 is 17.4 Å². The highest BCUT2D eigenvalue weighted by Crippen LogP contribution is 2.28. The van der Waals surface area contributed by atoms with Gasteiger partial charge >= 0.3 is 0 Å². The van der Waals surface area contributed by atoms with E-state index in [2.05, 4.69) is 4.72 Å². The molecule has 0 aliphatic rings. The Balaban J connectivity index is 2.98.